The summed E-state index contributed by atoms with van der Waals surface area (Å²) in [7, 11) is -3.45. The van der Waals surface area contributed by atoms with Crippen molar-refractivity contribution in [3.8, 4) is 0 Å². The van der Waals surface area contributed by atoms with E-state index in [0.29, 0.717) is 5.56 Å². The third-order valence-corrected chi connectivity index (χ3v) is 2.53. The van der Waals surface area contributed by atoms with E-state index in [2.05, 4.69) is 4.72 Å². The van der Waals surface area contributed by atoms with Gasteiger partial charge in [0.2, 0.25) is 10.0 Å². The second kappa shape index (κ2) is 4.18. The van der Waals surface area contributed by atoms with Crippen molar-refractivity contribution in [2.24, 2.45) is 0 Å². The zero-order chi connectivity index (χ0) is 11.6. The SMILES string of the molecule is CC(C)c1cccc(F)c1NS(C)(=O)=O. The first-order valence-corrected chi connectivity index (χ1v) is 6.46. The molecule has 0 spiro atoms. The van der Waals surface area contributed by atoms with Gasteiger partial charge in [-0.1, -0.05) is 26.0 Å². The van der Waals surface area contributed by atoms with Crippen molar-refractivity contribution in [2.75, 3.05) is 11.0 Å². The van der Waals surface area contributed by atoms with Gasteiger partial charge in [-0.15, -0.1) is 0 Å². The van der Waals surface area contributed by atoms with E-state index >= 15 is 0 Å². The van der Waals surface area contributed by atoms with E-state index in [-0.39, 0.29) is 11.6 Å². The van der Waals surface area contributed by atoms with Crippen molar-refractivity contribution < 1.29 is 12.8 Å². The molecule has 0 atom stereocenters. The second-order valence-electron chi connectivity index (χ2n) is 3.73. The first kappa shape index (κ1) is 12.0. The molecule has 1 rings (SSSR count). The first-order chi connectivity index (χ1) is 6.81. The molecule has 84 valence electrons. The van der Waals surface area contributed by atoms with Crippen LogP contribution in [0.15, 0.2) is 18.2 Å². The lowest BCUT2D eigenvalue weighted by molar-refractivity contribution is 0.603. The standard InChI is InChI=1S/C10H14FNO2S/c1-7(2)8-5-4-6-9(11)10(8)12-15(3,13)14/h4-7,12H,1-3H3. The summed E-state index contributed by atoms with van der Waals surface area (Å²) in [4.78, 5) is 0. The third-order valence-electron chi connectivity index (χ3n) is 1.96. The summed E-state index contributed by atoms with van der Waals surface area (Å²) in [5, 5.41) is 0. The summed E-state index contributed by atoms with van der Waals surface area (Å²) in [5.41, 5.74) is 0.704. The van der Waals surface area contributed by atoms with Crippen molar-refractivity contribution in [1.82, 2.24) is 0 Å². The third kappa shape index (κ3) is 3.20. The summed E-state index contributed by atoms with van der Waals surface area (Å²) in [6, 6.07) is 4.51. The monoisotopic (exact) mass is 231 g/mol. The second-order valence-corrected chi connectivity index (χ2v) is 5.48. The molecule has 1 N–H and O–H groups in total. The molecule has 0 fully saturated rings. The van der Waals surface area contributed by atoms with Crippen molar-refractivity contribution in [1.29, 1.82) is 0 Å². The fourth-order valence-corrected chi connectivity index (χ4v) is 1.90. The summed E-state index contributed by atoms with van der Waals surface area (Å²) >= 11 is 0. The average Bonchev–Trinajstić information content (AvgIpc) is 2.05. The van der Waals surface area contributed by atoms with E-state index < -0.39 is 15.8 Å². The van der Waals surface area contributed by atoms with Gasteiger partial charge in [0.25, 0.3) is 0 Å². The Morgan fingerprint density at radius 2 is 1.93 bits per heavy atom. The van der Waals surface area contributed by atoms with Gasteiger partial charge in [0, 0.05) is 0 Å². The summed E-state index contributed by atoms with van der Waals surface area (Å²) in [6.07, 6.45) is 1.00. The number of para-hydroxylation sites is 1. The van der Waals surface area contributed by atoms with Gasteiger partial charge in [-0.05, 0) is 17.5 Å². The van der Waals surface area contributed by atoms with Crippen molar-refractivity contribution in [3.05, 3.63) is 29.6 Å². The fourth-order valence-electron chi connectivity index (χ4n) is 1.32. The number of nitrogens with one attached hydrogen (secondary N) is 1. The summed E-state index contributed by atoms with van der Waals surface area (Å²) in [5.74, 6) is -0.489. The minimum Gasteiger partial charge on any atom is -0.281 e. The van der Waals surface area contributed by atoms with Crippen LogP contribution in [0.4, 0.5) is 10.1 Å². The topological polar surface area (TPSA) is 46.2 Å². The molecule has 0 aliphatic carbocycles. The van der Waals surface area contributed by atoms with Crippen LogP contribution in [-0.4, -0.2) is 14.7 Å². The van der Waals surface area contributed by atoms with E-state index in [1.165, 1.54) is 6.07 Å². The van der Waals surface area contributed by atoms with Crippen molar-refractivity contribution in [2.45, 2.75) is 19.8 Å². The number of anilines is 1. The largest absolute Gasteiger partial charge is 0.281 e. The van der Waals surface area contributed by atoms with Crippen LogP contribution in [-0.2, 0) is 10.0 Å². The van der Waals surface area contributed by atoms with Crippen LogP contribution in [0.5, 0.6) is 0 Å². The van der Waals surface area contributed by atoms with E-state index in [4.69, 9.17) is 0 Å². The lowest BCUT2D eigenvalue weighted by Gasteiger charge is -2.13. The molecule has 0 bridgehead atoms. The molecule has 1 aromatic carbocycles. The predicted octanol–water partition coefficient (Wildman–Crippen LogP) is 2.32. The molecule has 0 aliphatic rings. The molecule has 0 amide bonds. The van der Waals surface area contributed by atoms with Gasteiger partial charge >= 0.3 is 0 Å². The maximum absolute atomic E-state index is 13.4. The molecule has 5 heteroatoms. The molecule has 0 saturated carbocycles. The van der Waals surface area contributed by atoms with E-state index in [9.17, 15) is 12.8 Å². The molecular weight excluding hydrogens is 217 g/mol. The maximum Gasteiger partial charge on any atom is 0.229 e. The number of hydrogen-bond acceptors (Lipinski definition) is 2. The molecule has 3 nitrogen and oxygen atoms in total. The molecule has 0 saturated heterocycles. The number of benzene rings is 1. The van der Waals surface area contributed by atoms with Crippen LogP contribution < -0.4 is 4.72 Å². The number of halogens is 1. The van der Waals surface area contributed by atoms with Crippen LogP contribution in [0.1, 0.15) is 25.3 Å². The summed E-state index contributed by atoms with van der Waals surface area (Å²) < 4.78 is 37.7. The molecule has 0 aromatic heterocycles. The Balaban J connectivity index is 3.25. The van der Waals surface area contributed by atoms with Crippen molar-refractivity contribution in [3.63, 3.8) is 0 Å². The molecule has 0 radical (unpaired) electrons. The van der Waals surface area contributed by atoms with Gasteiger partial charge in [0.1, 0.15) is 5.82 Å². The fraction of sp³-hybridized carbons (Fsp3) is 0.400. The number of hydrogen-bond donors (Lipinski definition) is 1. The number of sulfonamides is 1. The Morgan fingerprint density at radius 3 is 2.40 bits per heavy atom. The minimum atomic E-state index is -3.45. The van der Waals surface area contributed by atoms with Gasteiger partial charge < -0.3 is 0 Å². The maximum atomic E-state index is 13.4. The minimum absolute atomic E-state index is 0.0509. The van der Waals surface area contributed by atoms with E-state index in [1.807, 2.05) is 13.8 Å². The zero-order valence-electron chi connectivity index (χ0n) is 8.91. The highest BCUT2D eigenvalue weighted by molar-refractivity contribution is 7.92. The van der Waals surface area contributed by atoms with Crippen LogP contribution in [0.25, 0.3) is 0 Å². The van der Waals surface area contributed by atoms with Gasteiger partial charge in [0.15, 0.2) is 0 Å². The van der Waals surface area contributed by atoms with Gasteiger partial charge in [-0.2, -0.15) is 0 Å². The highest BCUT2D eigenvalue weighted by Gasteiger charge is 2.14. The highest BCUT2D eigenvalue weighted by atomic mass is 32.2. The number of rotatable bonds is 3. The Bertz CT molecular complexity index is 454. The van der Waals surface area contributed by atoms with Gasteiger partial charge in [-0.25, -0.2) is 12.8 Å². The van der Waals surface area contributed by atoms with E-state index in [0.717, 1.165) is 6.26 Å². The normalized spacial score (nSPS) is 11.8. The zero-order valence-corrected chi connectivity index (χ0v) is 9.73. The summed E-state index contributed by atoms with van der Waals surface area (Å²) in [6.45, 7) is 3.75. The van der Waals surface area contributed by atoms with E-state index in [1.54, 1.807) is 12.1 Å². The van der Waals surface area contributed by atoms with Gasteiger partial charge in [0.05, 0.1) is 11.9 Å². The van der Waals surface area contributed by atoms with Gasteiger partial charge in [-0.3, -0.25) is 4.72 Å². The Kier molecular flexibility index (Phi) is 3.34. The molecule has 0 heterocycles. The first-order valence-electron chi connectivity index (χ1n) is 4.57. The molecule has 0 aliphatic heterocycles. The Morgan fingerprint density at radius 1 is 1.33 bits per heavy atom. The van der Waals surface area contributed by atoms with Crippen molar-refractivity contribution >= 4 is 15.7 Å². The molecule has 15 heavy (non-hydrogen) atoms. The van der Waals surface area contributed by atoms with Crippen LogP contribution in [0.3, 0.4) is 0 Å². The Labute approximate surface area is 89.4 Å². The smallest absolute Gasteiger partial charge is 0.229 e. The van der Waals surface area contributed by atoms with Crippen LogP contribution in [0, 0.1) is 5.82 Å². The highest BCUT2D eigenvalue weighted by Crippen LogP contribution is 2.27. The average molecular weight is 231 g/mol. The predicted molar refractivity (Wildman–Crippen MR) is 59.0 cm³/mol. The quantitative estimate of drug-likeness (QED) is 0.867. The van der Waals surface area contributed by atoms with Crippen LogP contribution in [0.2, 0.25) is 0 Å². The molecule has 1 aromatic rings. The lowest BCUT2D eigenvalue weighted by Crippen LogP contribution is -2.13. The van der Waals surface area contributed by atoms with Crippen LogP contribution >= 0.6 is 0 Å². The lowest BCUT2D eigenvalue weighted by atomic mass is 10.0. The molecular formula is C10H14FNO2S. The molecule has 0 unspecified atom stereocenters. The Hall–Kier alpha value is -1.10.